The Kier molecular flexibility index (Phi) is 3.67. The summed E-state index contributed by atoms with van der Waals surface area (Å²) >= 11 is 0. The Morgan fingerprint density at radius 1 is 1.18 bits per heavy atom. The van der Waals surface area contributed by atoms with Crippen molar-refractivity contribution in [2.45, 2.75) is 20.0 Å². The molecule has 4 nitrogen and oxygen atoms in total. The summed E-state index contributed by atoms with van der Waals surface area (Å²) in [6.45, 7) is 3.92. The van der Waals surface area contributed by atoms with Gasteiger partial charge in [-0.15, -0.1) is 0 Å². The predicted octanol–water partition coefficient (Wildman–Crippen LogP) is 2.84. The molecule has 1 N–H and O–H groups in total. The molecule has 1 aliphatic carbocycles. The van der Waals surface area contributed by atoms with Crippen LogP contribution >= 0.6 is 0 Å². The van der Waals surface area contributed by atoms with Gasteiger partial charge in [-0.05, 0) is 37.1 Å². The van der Waals surface area contributed by atoms with E-state index in [4.69, 9.17) is 4.74 Å². The van der Waals surface area contributed by atoms with E-state index in [0.717, 1.165) is 16.8 Å². The second kappa shape index (κ2) is 5.64. The van der Waals surface area contributed by atoms with Crippen molar-refractivity contribution in [2.24, 2.45) is 5.92 Å². The van der Waals surface area contributed by atoms with Crippen LogP contribution in [-0.4, -0.2) is 17.8 Å². The number of ketones is 1. The van der Waals surface area contributed by atoms with E-state index in [0.29, 0.717) is 0 Å². The molecule has 4 heteroatoms. The standard InChI is InChI=1S/C18H17NO3/c1-11-6-5-8-14(12(11)2)19-18(21)17-10-15(20)13-7-3-4-9-16(13)22-17/h3-10,13,16H,1-2H3,(H,19,21)/t13-,16+/m1/s1. The number of benzene rings is 1. The SMILES string of the molecule is Cc1cccc(NC(=O)C2=CC(=O)[C@H]3C=CC=C[C@@H]3O2)c1C. The van der Waals surface area contributed by atoms with Gasteiger partial charge in [-0.25, -0.2) is 0 Å². The quantitative estimate of drug-likeness (QED) is 0.912. The summed E-state index contributed by atoms with van der Waals surface area (Å²) < 4.78 is 5.66. The summed E-state index contributed by atoms with van der Waals surface area (Å²) in [5.74, 6) is -0.777. The Bertz CT molecular complexity index is 728. The maximum atomic E-state index is 12.4. The van der Waals surface area contributed by atoms with Crippen LogP contribution in [0.4, 0.5) is 5.69 Å². The van der Waals surface area contributed by atoms with E-state index in [2.05, 4.69) is 5.32 Å². The fraction of sp³-hybridized carbons (Fsp3) is 0.222. The van der Waals surface area contributed by atoms with Crippen LogP contribution in [0.1, 0.15) is 11.1 Å². The van der Waals surface area contributed by atoms with Crippen molar-refractivity contribution in [2.75, 3.05) is 5.32 Å². The van der Waals surface area contributed by atoms with E-state index in [1.54, 1.807) is 12.2 Å². The molecule has 1 amide bonds. The van der Waals surface area contributed by atoms with E-state index in [1.807, 2.05) is 44.2 Å². The van der Waals surface area contributed by atoms with E-state index < -0.39 is 12.0 Å². The first kappa shape index (κ1) is 14.3. The first-order valence-corrected chi connectivity index (χ1v) is 7.21. The Labute approximate surface area is 129 Å². The molecule has 3 rings (SSSR count). The van der Waals surface area contributed by atoms with Crippen LogP contribution in [0.3, 0.4) is 0 Å². The van der Waals surface area contributed by atoms with Gasteiger partial charge in [0.2, 0.25) is 0 Å². The van der Waals surface area contributed by atoms with Crippen molar-refractivity contribution in [3.63, 3.8) is 0 Å². The third-order valence-electron chi connectivity index (χ3n) is 4.03. The fourth-order valence-corrected chi connectivity index (χ4v) is 2.55. The first-order valence-electron chi connectivity index (χ1n) is 7.21. The van der Waals surface area contributed by atoms with Gasteiger partial charge >= 0.3 is 0 Å². The molecule has 0 aromatic heterocycles. The van der Waals surface area contributed by atoms with E-state index in [1.165, 1.54) is 6.08 Å². The number of allylic oxidation sites excluding steroid dienone is 3. The van der Waals surface area contributed by atoms with Gasteiger partial charge in [-0.1, -0.05) is 30.4 Å². The van der Waals surface area contributed by atoms with Gasteiger partial charge in [0.25, 0.3) is 5.91 Å². The molecule has 112 valence electrons. The number of nitrogens with one attached hydrogen (secondary N) is 1. The van der Waals surface area contributed by atoms with Crippen LogP contribution in [0.5, 0.6) is 0 Å². The van der Waals surface area contributed by atoms with Crippen LogP contribution in [-0.2, 0) is 14.3 Å². The Hall–Kier alpha value is -2.62. The van der Waals surface area contributed by atoms with Crippen LogP contribution < -0.4 is 5.32 Å². The number of rotatable bonds is 2. The zero-order valence-corrected chi connectivity index (χ0v) is 12.5. The zero-order chi connectivity index (χ0) is 15.7. The lowest BCUT2D eigenvalue weighted by molar-refractivity contribution is -0.125. The van der Waals surface area contributed by atoms with Crippen LogP contribution in [0, 0.1) is 19.8 Å². The highest BCUT2D eigenvalue weighted by atomic mass is 16.5. The number of carbonyl (C=O) groups excluding carboxylic acids is 2. The molecule has 0 spiro atoms. The number of carbonyl (C=O) groups is 2. The van der Waals surface area contributed by atoms with Gasteiger partial charge in [0, 0.05) is 11.8 Å². The van der Waals surface area contributed by atoms with E-state index >= 15 is 0 Å². The number of anilines is 1. The van der Waals surface area contributed by atoms with Crippen molar-refractivity contribution in [3.8, 4) is 0 Å². The Balaban J connectivity index is 1.81. The van der Waals surface area contributed by atoms with Gasteiger partial charge in [0.1, 0.15) is 6.10 Å². The molecule has 0 fully saturated rings. The maximum absolute atomic E-state index is 12.4. The number of hydrogen-bond acceptors (Lipinski definition) is 3. The second-order valence-corrected chi connectivity index (χ2v) is 5.49. The fourth-order valence-electron chi connectivity index (χ4n) is 2.55. The topological polar surface area (TPSA) is 55.4 Å². The lowest BCUT2D eigenvalue weighted by atomic mass is 9.91. The number of aryl methyl sites for hydroxylation is 1. The molecule has 0 radical (unpaired) electrons. The van der Waals surface area contributed by atoms with Gasteiger partial charge < -0.3 is 10.1 Å². The minimum absolute atomic E-state index is 0.0621. The van der Waals surface area contributed by atoms with Gasteiger partial charge in [0.05, 0.1) is 5.92 Å². The van der Waals surface area contributed by atoms with Gasteiger partial charge in [-0.3, -0.25) is 9.59 Å². The van der Waals surface area contributed by atoms with E-state index in [9.17, 15) is 9.59 Å². The third-order valence-corrected chi connectivity index (χ3v) is 4.03. The molecule has 0 saturated heterocycles. The molecular formula is C18H17NO3. The van der Waals surface area contributed by atoms with E-state index in [-0.39, 0.29) is 17.5 Å². The van der Waals surface area contributed by atoms with Crippen LogP contribution in [0.2, 0.25) is 0 Å². The number of fused-ring (bicyclic) bond motifs is 1. The highest BCUT2D eigenvalue weighted by Gasteiger charge is 2.33. The van der Waals surface area contributed by atoms with Gasteiger partial charge in [0.15, 0.2) is 11.5 Å². The lowest BCUT2D eigenvalue weighted by Crippen LogP contribution is -2.35. The van der Waals surface area contributed by atoms with Crippen LogP contribution in [0.25, 0.3) is 0 Å². The minimum Gasteiger partial charge on any atom is -0.479 e. The molecule has 1 aromatic rings. The smallest absolute Gasteiger partial charge is 0.290 e. The maximum Gasteiger partial charge on any atom is 0.290 e. The third kappa shape index (κ3) is 2.60. The summed E-state index contributed by atoms with van der Waals surface area (Å²) in [6.07, 6.45) is 8.11. The Morgan fingerprint density at radius 3 is 2.77 bits per heavy atom. The number of amides is 1. The molecule has 1 aliphatic heterocycles. The van der Waals surface area contributed by atoms with Crippen molar-refractivity contribution < 1.29 is 14.3 Å². The second-order valence-electron chi connectivity index (χ2n) is 5.49. The molecule has 0 unspecified atom stereocenters. The van der Waals surface area contributed by atoms with Crippen molar-refractivity contribution in [1.82, 2.24) is 0 Å². The number of ether oxygens (including phenoxy) is 1. The van der Waals surface area contributed by atoms with Crippen molar-refractivity contribution >= 4 is 17.4 Å². The normalized spacial score (nSPS) is 22.6. The molecule has 0 saturated carbocycles. The summed E-state index contributed by atoms with van der Waals surface area (Å²) in [5, 5.41) is 2.81. The molecule has 0 bridgehead atoms. The largest absolute Gasteiger partial charge is 0.479 e. The molecule has 22 heavy (non-hydrogen) atoms. The molecule has 2 atom stereocenters. The van der Waals surface area contributed by atoms with Crippen molar-refractivity contribution in [3.05, 3.63) is 65.5 Å². The predicted molar refractivity (Wildman–Crippen MR) is 84.3 cm³/mol. The summed E-state index contributed by atoms with van der Waals surface area (Å²) in [7, 11) is 0. The first-order chi connectivity index (χ1) is 10.6. The zero-order valence-electron chi connectivity index (χ0n) is 12.5. The minimum atomic E-state index is -0.401. The molecule has 1 aromatic carbocycles. The highest BCUT2D eigenvalue weighted by molar-refractivity contribution is 6.08. The summed E-state index contributed by atoms with van der Waals surface area (Å²) in [5.41, 5.74) is 2.81. The average molecular weight is 295 g/mol. The molecule has 2 aliphatic rings. The summed E-state index contributed by atoms with van der Waals surface area (Å²) in [6, 6.07) is 5.69. The average Bonchev–Trinajstić information content (AvgIpc) is 2.52. The van der Waals surface area contributed by atoms with Crippen LogP contribution in [0.15, 0.2) is 54.3 Å². The molecular weight excluding hydrogens is 278 g/mol. The van der Waals surface area contributed by atoms with Gasteiger partial charge in [-0.2, -0.15) is 0 Å². The monoisotopic (exact) mass is 295 g/mol. The lowest BCUT2D eigenvalue weighted by Gasteiger charge is -2.28. The number of hydrogen-bond donors (Lipinski definition) is 1. The summed E-state index contributed by atoms with van der Waals surface area (Å²) in [4.78, 5) is 24.4. The molecule has 1 heterocycles. The highest BCUT2D eigenvalue weighted by Crippen LogP contribution is 2.26. The Morgan fingerprint density at radius 2 is 1.95 bits per heavy atom. The van der Waals surface area contributed by atoms with Crippen molar-refractivity contribution in [1.29, 1.82) is 0 Å².